The highest BCUT2D eigenvalue weighted by molar-refractivity contribution is 7.30. The molecule has 0 rings (SSSR count). The van der Waals surface area contributed by atoms with E-state index in [-0.39, 0.29) is 32.2 Å². The molecule has 0 aromatic carbocycles. The van der Waals surface area contributed by atoms with Crippen molar-refractivity contribution in [3.63, 3.8) is 0 Å². The van der Waals surface area contributed by atoms with Gasteiger partial charge >= 0.3 is 8.25 Å². The van der Waals surface area contributed by atoms with Gasteiger partial charge in [0.2, 0.25) is 0 Å². The van der Waals surface area contributed by atoms with Gasteiger partial charge in [-0.25, -0.2) is 4.57 Å². The summed E-state index contributed by atoms with van der Waals surface area (Å²) in [6, 6.07) is 0. The molecule has 49 valence electrons. The second kappa shape index (κ2) is 16.0. The van der Waals surface area contributed by atoms with Gasteiger partial charge in [0, 0.05) is 0 Å². The maximum Gasteiger partial charge on any atom is 0.363 e. The third-order valence-corrected chi connectivity index (χ3v) is 0. The molecule has 0 aliphatic heterocycles. The Kier molecular flexibility index (Phi) is 58.3. The van der Waals surface area contributed by atoms with Crippen molar-refractivity contribution in [3.8, 4) is 0 Å². The molecule has 0 heterocycles. The van der Waals surface area contributed by atoms with Crippen molar-refractivity contribution in [2.75, 3.05) is 0 Å². The molecule has 3 nitrogen and oxygen atoms in total. The predicted molar refractivity (Wildman–Crippen MR) is 33.3 cm³/mol. The lowest BCUT2D eigenvalue weighted by molar-refractivity contribution is 0.405. The molecule has 0 atom stereocenters. The van der Waals surface area contributed by atoms with E-state index in [4.69, 9.17) is 14.4 Å². The summed E-state index contributed by atoms with van der Waals surface area (Å²) in [5, 5.41) is 0. The fourth-order valence-electron chi connectivity index (χ4n) is 0. The van der Waals surface area contributed by atoms with Crippen LogP contribution in [0.5, 0.6) is 0 Å². The van der Waals surface area contributed by atoms with E-state index in [0.29, 0.717) is 0 Å². The average molecular weight is 170 g/mol. The third kappa shape index (κ3) is 388. The van der Waals surface area contributed by atoms with Gasteiger partial charge < -0.3 is 0 Å². The van der Waals surface area contributed by atoms with Crippen LogP contribution in [0.4, 0.5) is 0 Å². The Labute approximate surface area is 55.5 Å². The first-order chi connectivity index (χ1) is 1.73. The Morgan fingerprint density at radius 3 is 1.14 bits per heavy atom. The quantitative estimate of drug-likeness (QED) is 0.535. The van der Waals surface area contributed by atoms with E-state index < -0.39 is 8.25 Å². The van der Waals surface area contributed by atoms with Crippen molar-refractivity contribution in [1.29, 1.82) is 0 Å². The first-order valence-corrected chi connectivity index (χ1v) is 1.75. The van der Waals surface area contributed by atoms with Crippen molar-refractivity contribution < 1.29 is 14.4 Å². The Morgan fingerprint density at radius 2 is 1.14 bits per heavy atom. The molecule has 1 radical (unpaired) electrons. The third-order valence-electron chi connectivity index (χ3n) is 0. The Morgan fingerprint density at radius 1 is 1.14 bits per heavy atom. The summed E-state index contributed by atoms with van der Waals surface area (Å²) in [4.78, 5) is 14.2. The summed E-state index contributed by atoms with van der Waals surface area (Å²) in [6.07, 6.45) is 0. The van der Waals surface area contributed by atoms with Crippen molar-refractivity contribution in [3.05, 3.63) is 0 Å². The van der Waals surface area contributed by atoms with Crippen LogP contribution in [-0.2, 0) is 4.57 Å². The van der Waals surface area contributed by atoms with E-state index in [1.54, 1.807) is 0 Å². The van der Waals surface area contributed by atoms with Crippen LogP contribution in [-0.4, -0.2) is 9.79 Å². The SMILES string of the molecule is C.Cl.Cl.O=[P](O)O. The largest absolute Gasteiger partial charge is 0.363 e. The Bertz CT molecular complexity index is 35.9. The molecule has 0 bridgehead atoms. The van der Waals surface area contributed by atoms with Gasteiger partial charge in [0.1, 0.15) is 0 Å². The molecule has 0 fully saturated rings. The summed E-state index contributed by atoms with van der Waals surface area (Å²) >= 11 is 0. The smallest absolute Gasteiger partial charge is 0.298 e. The van der Waals surface area contributed by atoms with E-state index in [0.717, 1.165) is 0 Å². The van der Waals surface area contributed by atoms with Crippen molar-refractivity contribution in [2.24, 2.45) is 0 Å². The first-order valence-electron chi connectivity index (χ1n) is 0.583. The minimum Gasteiger partial charge on any atom is -0.298 e. The minimum atomic E-state index is -2.87. The lowest BCUT2D eigenvalue weighted by atomic mass is 12.0. The average Bonchev–Trinajstić information content (AvgIpc) is 0.811. The molecule has 0 saturated carbocycles. The van der Waals surface area contributed by atoms with Crippen LogP contribution in [0.2, 0.25) is 0 Å². The topological polar surface area (TPSA) is 57.5 Å². The lowest BCUT2D eigenvalue weighted by Gasteiger charge is -1.57. The molecular formula is CH8Cl2O3P. The van der Waals surface area contributed by atoms with Crippen LogP contribution in [0.25, 0.3) is 0 Å². The lowest BCUT2D eigenvalue weighted by Crippen LogP contribution is -1.38. The summed E-state index contributed by atoms with van der Waals surface area (Å²) in [5.41, 5.74) is 0. The van der Waals surface area contributed by atoms with Crippen LogP contribution in [0.15, 0.2) is 0 Å². The molecule has 7 heavy (non-hydrogen) atoms. The molecule has 0 aliphatic rings. The first kappa shape index (κ1) is 25.5. The van der Waals surface area contributed by atoms with Crippen molar-refractivity contribution in [2.45, 2.75) is 7.43 Å². The van der Waals surface area contributed by atoms with Crippen molar-refractivity contribution in [1.82, 2.24) is 0 Å². The summed E-state index contributed by atoms with van der Waals surface area (Å²) in [6.45, 7) is 0. The van der Waals surface area contributed by atoms with Crippen LogP contribution >= 0.6 is 33.1 Å². The molecular weight excluding hydrogens is 162 g/mol. The van der Waals surface area contributed by atoms with Gasteiger partial charge in [0.05, 0.1) is 0 Å². The van der Waals surface area contributed by atoms with Crippen molar-refractivity contribution >= 4 is 33.1 Å². The van der Waals surface area contributed by atoms with Gasteiger partial charge in [-0.05, 0) is 0 Å². The molecule has 0 spiro atoms. The van der Waals surface area contributed by atoms with Gasteiger partial charge in [-0.3, -0.25) is 9.79 Å². The number of hydrogen-bond acceptors (Lipinski definition) is 1. The van der Waals surface area contributed by atoms with Gasteiger partial charge in [-0.1, -0.05) is 7.43 Å². The molecule has 6 heteroatoms. The minimum absolute atomic E-state index is 0. The van der Waals surface area contributed by atoms with Crippen LogP contribution in [0.1, 0.15) is 7.43 Å². The molecule has 0 amide bonds. The van der Waals surface area contributed by atoms with Gasteiger partial charge in [-0.15, -0.1) is 24.8 Å². The predicted octanol–water partition coefficient (Wildman–Crippen LogP) is 1.11. The highest BCUT2D eigenvalue weighted by Gasteiger charge is 1.65. The number of rotatable bonds is 0. The van der Waals surface area contributed by atoms with E-state index in [9.17, 15) is 0 Å². The summed E-state index contributed by atoms with van der Waals surface area (Å²) < 4.78 is 8.70. The van der Waals surface area contributed by atoms with Gasteiger partial charge in [0.15, 0.2) is 0 Å². The molecule has 0 aromatic heterocycles. The second-order valence-corrected chi connectivity index (χ2v) is 0.758. The molecule has 0 saturated heterocycles. The maximum atomic E-state index is 8.70. The standard InChI is InChI=1S/CH4.2ClH.H2O3P/c;;;1-4(2)3/h1H4;2*1H;(H2,1,2,3). The zero-order valence-electron chi connectivity index (χ0n) is 2.57. The highest BCUT2D eigenvalue weighted by Crippen LogP contribution is 1.98. The maximum absolute atomic E-state index is 8.70. The zero-order chi connectivity index (χ0) is 3.58. The number of hydrogen-bond donors (Lipinski definition) is 2. The molecule has 0 aromatic rings. The van der Waals surface area contributed by atoms with Gasteiger partial charge in [0.25, 0.3) is 0 Å². The fourth-order valence-corrected chi connectivity index (χ4v) is 0. The highest BCUT2D eigenvalue weighted by atomic mass is 35.5. The Hall–Kier alpha value is 0.600. The molecule has 0 unspecified atom stereocenters. The zero-order valence-corrected chi connectivity index (χ0v) is 5.09. The van der Waals surface area contributed by atoms with Crippen LogP contribution in [0.3, 0.4) is 0 Å². The van der Waals surface area contributed by atoms with Crippen LogP contribution < -0.4 is 0 Å². The van der Waals surface area contributed by atoms with E-state index in [1.165, 1.54) is 0 Å². The normalized spacial score (nSPS) is 3.71. The van der Waals surface area contributed by atoms with E-state index in [2.05, 4.69) is 0 Å². The molecule has 0 aliphatic carbocycles. The molecule has 2 N–H and O–H groups in total. The number of halogens is 2. The summed E-state index contributed by atoms with van der Waals surface area (Å²) in [5.74, 6) is 0. The van der Waals surface area contributed by atoms with E-state index >= 15 is 0 Å². The van der Waals surface area contributed by atoms with Crippen LogP contribution in [0, 0.1) is 0 Å². The Balaban J connectivity index is -0.0000000150. The monoisotopic (exact) mass is 169 g/mol. The fraction of sp³-hybridized carbons (Fsp3) is 1.00. The van der Waals surface area contributed by atoms with E-state index in [1.807, 2.05) is 0 Å². The van der Waals surface area contributed by atoms with Gasteiger partial charge in [-0.2, -0.15) is 0 Å². The summed E-state index contributed by atoms with van der Waals surface area (Å²) in [7, 11) is -2.87. The second-order valence-electron chi connectivity index (χ2n) is 0.253.